The second-order valence-corrected chi connectivity index (χ2v) is 8.26. The van der Waals surface area contributed by atoms with E-state index in [1.165, 1.54) is 17.8 Å². The molecule has 3 aromatic rings. The summed E-state index contributed by atoms with van der Waals surface area (Å²) in [4.78, 5) is 28.6. The Morgan fingerprint density at radius 2 is 2.03 bits per heavy atom. The van der Waals surface area contributed by atoms with Crippen LogP contribution in [-0.2, 0) is 10.7 Å². The van der Waals surface area contributed by atoms with E-state index in [2.05, 4.69) is 43.9 Å². The summed E-state index contributed by atoms with van der Waals surface area (Å²) < 4.78 is 29.3. The highest BCUT2D eigenvalue weighted by Crippen LogP contribution is 2.32. The number of rotatable bonds is 7. The number of carbonyl (C=O) groups excluding carboxylic acids is 1. The first-order valence-electron chi connectivity index (χ1n) is 11.1. The molecule has 4 rings (SSSR count). The molecule has 0 aliphatic carbocycles. The lowest BCUT2D eigenvalue weighted by Gasteiger charge is -2.26. The minimum absolute atomic E-state index is 0.171. The van der Waals surface area contributed by atoms with Crippen LogP contribution in [-0.4, -0.2) is 67.8 Å². The molecule has 0 spiro atoms. The summed E-state index contributed by atoms with van der Waals surface area (Å²) in [6.45, 7) is 10.0. The number of carbonyl (C=O) groups is 1. The number of alkyl halides is 2. The lowest BCUT2D eigenvalue weighted by molar-refractivity contribution is -0.114. The number of nitrogens with zero attached hydrogens (tertiary/aromatic N) is 7. The zero-order valence-electron chi connectivity index (χ0n) is 19.2. The van der Waals surface area contributed by atoms with Gasteiger partial charge in [0.05, 0.1) is 23.3 Å². The topological polar surface area (TPSA) is 92.1 Å². The van der Waals surface area contributed by atoms with Gasteiger partial charge in [0.2, 0.25) is 5.91 Å². The number of amides is 1. The molecule has 0 unspecified atom stereocenters. The number of halogens is 2. The number of likely N-dealkylation sites (N-methyl/N-ethyl adjacent to an activating group) is 1. The number of pyridine rings is 1. The van der Waals surface area contributed by atoms with Gasteiger partial charge in [-0.05, 0) is 19.5 Å². The lowest BCUT2D eigenvalue weighted by atomic mass is 10.2. The monoisotopic (exact) mass is 458 g/mol. The van der Waals surface area contributed by atoms with Crippen LogP contribution in [0.4, 0.5) is 20.4 Å². The SMILES string of the molecule is CCN(CC)[C@H]1CCN(c2nn(-c3cncc(C(C)(F)F)n3)c3cc(NC(C)=O)ncc23)C1. The first kappa shape index (κ1) is 23.0. The molecule has 1 saturated heterocycles. The number of fused-ring (bicyclic) bond motifs is 1. The molecular weight excluding hydrogens is 430 g/mol. The zero-order chi connectivity index (χ0) is 23.8. The molecule has 0 aromatic carbocycles. The third-order valence-corrected chi connectivity index (χ3v) is 5.93. The summed E-state index contributed by atoms with van der Waals surface area (Å²) in [5, 5.41) is 8.16. The third-order valence-electron chi connectivity index (χ3n) is 5.93. The van der Waals surface area contributed by atoms with E-state index in [1.807, 2.05) is 0 Å². The van der Waals surface area contributed by atoms with Crippen molar-refractivity contribution in [2.75, 3.05) is 36.4 Å². The normalized spacial score (nSPS) is 16.7. The van der Waals surface area contributed by atoms with Crippen LogP contribution in [0.25, 0.3) is 16.7 Å². The highest BCUT2D eigenvalue weighted by Gasteiger charge is 2.31. The van der Waals surface area contributed by atoms with Gasteiger partial charge in [0.1, 0.15) is 11.5 Å². The van der Waals surface area contributed by atoms with Crippen LogP contribution in [0, 0.1) is 0 Å². The molecule has 1 amide bonds. The van der Waals surface area contributed by atoms with Crippen LogP contribution in [0.3, 0.4) is 0 Å². The van der Waals surface area contributed by atoms with E-state index in [0.717, 1.165) is 51.1 Å². The van der Waals surface area contributed by atoms with Gasteiger partial charge < -0.3 is 10.2 Å². The number of hydrogen-bond donors (Lipinski definition) is 1. The van der Waals surface area contributed by atoms with Crippen molar-refractivity contribution in [2.24, 2.45) is 0 Å². The first-order valence-corrected chi connectivity index (χ1v) is 11.1. The number of nitrogens with one attached hydrogen (secondary N) is 1. The van der Waals surface area contributed by atoms with Gasteiger partial charge in [0.25, 0.3) is 5.92 Å². The molecule has 9 nitrogen and oxygen atoms in total. The standard InChI is InChI=1S/C22H28F2N8O/c1-5-30(6-2)15-7-8-31(13-15)21-16-10-26-19(27-14(3)33)9-17(16)32(29-21)20-12-25-11-18(28-20)22(4,23)24/h9-12,15H,5-8,13H2,1-4H3,(H,26,27,33)/t15-/m0/s1. The summed E-state index contributed by atoms with van der Waals surface area (Å²) in [6.07, 6.45) is 5.10. The summed E-state index contributed by atoms with van der Waals surface area (Å²) in [5.41, 5.74) is 0.157. The average molecular weight is 459 g/mol. The Morgan fingerprint density at radius 3 is 2.70 bits per heavy atom. The molecule has 3 aromatic heterocycles. The van der Waals surface area contributed by atoms with Gasteiger partial charge in [-0.15, -0.1) is 5.10 Å². The first-order chi connectivity index (χ1) is 15.7. The molecule has 1 atom stereocenters. The van der Waals surface area contributed by atoms with Crippen molar-refractivity contribution < 1.29 is 13.6 Å². The third kappa shape index (κ3) is 4.63. The summed E-state index contributed by atoms with van der Waals surface area (Å²) in [7, 11) is 0. The fourth-order valence-electron chi connectivity index (χ4n) is 4.29. The van der Waals surface area contributed by atoms with E-state index < -0.39 is 11.6 Å². The second-order valence-electron chi connectivity index (χ2n) is 8.26. The molecule has 0 radical (unpaired) electrons. The van der Waals surface area contributed by atoms with Crippen molar-refractivity contribution in [2.45, 2.75) is 46.1 Å². The van der Waals surface area contributed by atoms with Crippen LogP contribution in [0.15, 0.2) is 24.7 Å². The predicted molar refractivity (Wildman–Crippen MR) is 122 cm³/mol. The molecule has 1 fully saturated rings. The number of anilines is 2. The van der Waals surface area contributed by atoms with Crippen molar-refractivity contribution in [1.29, 1.82) is 0 Å². The van der Waals surface area contributed by atoms with Gasteiger partial charge in [-0.2, -0.15) is 8.78 Å². The summed E-state index contributed by atoms with van der Waals surface area (Å²) in [6, 6.07) is 2.08. The van der Waals surface area contributed by atoms with E-state index in [0.29, 0.717) is 23.2 Å². The molecule has 0 saturated carbocycles. The van der Waals surface area contributed by atoms with Crippen LogP contribution >= 0.6 is 0 Å². The Morgan fingerprint density at radius 1 is 1.27 bits per heavy atom. The predicted octanol–water partition coefficient (Wildman–Crippen LogP) is 3.20. The quantitative estimate of drug-likeness (QED) is 0.581. The van der Waals surface area contributed by atoms with E-state index in [1.54, 1.807) is 12.3 Å². The molecular formula is C22H28F2N8O. The van der Waals surface area contributed by atoms with Crippen molar-refractivity contribution >= 4 is 28.4 Å². The van der Waals surface area contributed by atoms with Crippen LogP contribution in [0.2, 0.25) is 0 Å². The van der Waals surface area contributed by atoms with Crippen LogP contribution < -0.4 is 10.2 Å². The van der Waals surface area contributed by atoms with E-state index >= 15 is 0 Å². The molecule has 11 heteroatoms. The lowest BCUT2D eigenvalue weighted by Crippen LogP contribution is -2.37. The van der Waals surface area contributed by atoms with Gasteiger partial charge in [-0.25, -0.2) is 14.6 Å². The Kier molecular flexibility index (Phi) is 6.24. The van der Waals surface area contributed by atoms with Gasteiger partial charge >= 0.3 is 0 Å². The maximum Gasteiger partial charge on any atom is 0.288 e. The molecule has 1 aliphatic rings. The fraction of sp³-hybridized carbons (Fsp3) is 0.500. The van der Waals surface area contributed by atoms with Gasteiger partial charge in [-0.1, -0.05) is 13.8 Å². The zero-order valence-corrected chi connectivity index (χ0v) is 19.2. The number of aromatic nitrogens is 5. The highest BCUT2D eigenvalue weighted by molar-refractivity contribution is 5.95. The smallest absolute Gasteiger partial charge is 0.288 e. The van der Waals surface area contributed by atoms with E-state index in [-0.39, 0.29) is 11.7 Å². The Hall–Kier alpha value is -3.21. The molecule has 1 aliphatic heterocycles. The highest BCUT2D eigenvalue weighted by atomic mass is 19.3. The average Bonchev–Trinajstić information content (AvgIpc) is 3.38. The van der Waals surface area contributed by atoms with Gasteiger partial charge in [0.15, 0.2) is 11.6 Å². The van der Waals surface area contributed by atoms with Crippen molar-refractivity contribution in [3.05, 3.63) is 30.4 Å². The van der Waals surface area contributed by atoms with Crippen molar-refractivity contribution in [3.63, 3.8) is 0 Å². The van der Waals surface area contributed by atoms with Gasteiger partial charge in [-0.3, -0.25) is 14.7 Å². The Labute approximate surface area is 190 Å². The largest absolute Gasteiger partial charge is 0.353 e. The van der Waals surface area contributed by atoms with Gasteiger partial charge in [0, 0.05) is 45.2 Å². The second kappa shape index (κ2) is 8.97. The molecule has 0 bridgehead atoms. The maximum atomic E-state index is 13.9. The Balaban J connectivity index is 1.80. The molecule has 1 N–H and O–H groups in total. The van der Waals surface area contributed by atoms with Crippen LogP contribution in [0.5, 0.6) is 0 Å². The Bertz CT molecular complexity index is 1150. The maximum absolute atomic E-state index is 13.9. The summed E-state index contributed by atoms with van der Waals surface area (Å²) in [5.74, 6) is -2.18. The van der Waals surface area contributed by atoms with Crippen molar-refractivity contribution in [1.82, 2.24) is 29.6 Å². The summed E-state index contributed by atoms with van der Waals surface area (Å²) >= 11 is 0. The van der Waals surface area contributed by atoms with E-state index in [9.17, 15) is 13.6 Å². The number of hydrogen-bond acceptors (Lipinski definition) is 7. The minimum Gasteiger partial charge on any atom is -0.353 e. The molecule has 4 heterocycles. The molecule has 33 heavy (non-hydrogen) atoms. The minimum atomic E-state index is -3.14. The fourth-order valence-corrected chi connectivity index (χ4v) is 4.29. The molecule has 176 valence electrons. The van der Waals surface area contributed by atoms with E-state index in [4.69, 9.17) is 5.10 Å². The van der Waals surface area contributed by atoms with Crippen molar-refractivity contribution in [3.8, 4) is 5.82 Å². The van der Waals surface area contributed by atoms with Crippen LogP contribution in [0.1, 0.15) is 39.8 Å².